The number of aliphatic hydroxyl groups is 3. The third-order valence-electron chi connectivity index (χ3n) is 5.28. The van der Waals surface area contributed by atoms with Gasteiger partial charge < -0.3 is 24.8 Å². The standard InChI is InChI=1S/C22H42O5/c1-2-3-4-5-6-7-8-9-10-11-12-13-14-15-16-26-18-20-22(25)21(24)19(23)17-27-20/h15-16,19-25H,2-14,17-18H2,1H3/b16-15+/t19-,20+,21+,22+/m1/s1. The van der Waals surface area contributed by atoms with E-state index in [1.807, 2.05) is 6.08 Å². The second-order valence-corrected chi connectivity index (χ2v) is 7.80. The van der Waals surface area contributed by atoms with Crippen molar-refractivity contribution >= 4 is 0 Å². The summed E-state index contributed by atoms with van der Waals surface area (Å²) in [5, 5.41) is 28.8. The number of hydrogen-bond donors (Lipinski definition) is 3. The van der Waals surface area contributed by atoms with Gasteiger partial charge in [-0.3, -0.25) is 0 Å². The van der Waals surface area contributed by atoms with Crippen molar-refractivity contribution in [3.05, 3.63) is 12.3 Å². The van der Waals surface area contributed by atoms with Crippen molar-refractivity contribution in [2.24, 2.45) is 0 Å². The van der Waals surface area contributed by atoms with Crippen LogP contribution in [0.3, 0.4) is 0 Å². The lowest BCUT2D eigenvalue weighted by molar-refractivity contribution is -0.195. The maximum absolute atomic E-state index is 9.79. The average Bonchev–Trinajstić information content (AvgIpc) is 2.67. The molecule has 4 atom stereocenters. The zero-order valence-corrected chi connectivity index (χ0v) is 17.2. The lowest BCUT2D eigenvalue weighted by Crippen LogP contribution is -2.54. The maximum Gasteiger partial charge on any atom is 0.120 e. The van der Waals surface area contributed by atoms with E-state index in [2.05, 4.69) is 6.92 Å². The summed E-state index contributed by atoms with van der Waals surface area (Å²) in [5.74, 6) is 0. The Morgan fingerprint density at radius 1 is 0.815 bits per heavy atom. The molecule has 0 amide bonds. The Hall–Kier alpha value is -0.620. The van der Waals surface area contributed by atoms with Crippen molar-refractivity contribution in [2.75, 3.05) is 13.2 Å². The molecule has 1 heterocycles. The molecule has 1 fully saturated rings. The Bertz CT molecular complexity index is 361. The summed E-state index contributed by atoms with van der Waals surface area (Å²) in [4.78, 5) is 0. The summed E-state index contributed by atoms with van der Waals surface area (Å²) < 4.78 is 10.7. The van der Waals surface area contributed by atoms with Crippen LogP contribution in [-0.4, -0.2) is 52.9 Å². The first-order valence-corrected chi connectivity index (χ1v) is 11.1. The van der Waals surface area contributed by atoms with Gasteiger partial charge in [0.05, 0.1) is 12.9 Å². The molecule has 0 aromatic carbocycles. The molecule has 0 radical (unpaired) electrons. The van der Waals surface area contributed by atoms with E-state index in [-0.39, 0.29) is 13.2 Å². The summed E-state index contributed by atoms with van der Waals surface area (Å²) in [6, 6.07) is 0. The maximum atomic E-state index is 9.79. The van der Waals surface area contributed by atoms with Gasteiger partial charge in [0.1, 0.15) is 31.0 Å². The van der Waals surface area contributed by atoms with Gasteiger partial charge in [0.25, 0.3) is 0 Å². The van der Waals surface area contributed by atoms with Gasteiger partial charge >= 0.3 is 0 Å². The zero-order valence-electron chi connectivity index (χ0n) is 17.2. The number of ether oxygens (including phenoxy) is 2. The van der Waals surface area contributed by atoms with Crippen LogP contribution in [0.2, 0.25) is 0 Å². The highest BCUT2D eigenvalue weighted by Gasteiger charge is 2.37. The second-order valence-electron chi connectivity index (χ2n) is 7.80. The number of hydrogen-bond acceptors (Lipinski definition) is 5. The largest absolute Gasteiger partial charge is 0.499 e. The molecule has 0 bridgehead atoms. The Kier molecular flexibility index (Phi) is 14.8. The van der Waals surface area contributed by atoms with Gasteiger partial charge in [-0.15, -0.1) is 0 Å². The fourth-order valence-electron chi connectivity index (χ4n) is 3.40. The van der Waals surface area contributed by atoms with Crippen molar-refractivity contribution in [1.29, 1.82) is 0 Å². The minimum atomic E-state index is -1.17. The van der Waals surface area contributed by atoms with Gasteiger partial charge in [-0.05, 0) is 18.9 Å². The SMILES string of the molecule is CCCCCCCCCCCCCC/C=C/OC[C@@H]1OC[C@@H](O)[C@H](O)[C@H]1O. The molecule has 5 nitrogen and oxygen atoms in total. The quantitative estimate of drug-likeness (QED) is 0.275. The second kappa shape index (κ2) is 16.3. The van der Waals surface area contributed by atoms with Gasteiger partial charge in [0.2, 0.25) is 0 Å². The van der Waals surface area contributed by atoms with Gasteiger partial charge in [-0.2, -0.15) is 0 Å². The third-order valence-corrected chi connectivity index (χ3v) is 5.28. The molecule has 3 N–H and O–H groups in total. The van der Waals surface area contributed by atoms with E-state index in [0.29, 0.717) is 0 Å². The lowest BCUT2D eigenvalue weighted by Gasteiger charge is -2.34. The van der Waals surface area contributed by atoms with E-state index >= 15 is 0 Å². The van der Waals surface area contributed by atoms with Crippen LogP contribution in [0.5, 0.6) is 0 Å². The van der Waals surface area contributed by atoms with Crippen LogP contribution in [0, 0.1) is 0 Å². The molecule has 1 rings (SSSR count). The number of aliphatic hydroxyl groups excluding tert-OH is 3. The first kappa shape index (κ1) is 24.4. The average molecular weight is 387 g/mol. The molecule has 160 valence electrons. The van der Waals surface area contributed by atoms with E-state index in [1.54, 1.807) is 6.26 Å². The van der Waals surface area contributed by atoms with Crippen molar-refractivity contribution < 1.29 is 24.8 Å². The van der Waals surface area contributed by atoms with Crippen molar-refractivity contribution in [3.63, 3.8) is 0 Å². The fourth-order valence-corrected chi connectivity index (χ4v) is 3.40. The van der Waals surface area contributed by atoms with E-state index in [4.69, 9.17) is 9.47 Å². The number of unbranched alkanes of at least 4 members (excludes halogenated alkanes) is 12. The molecule has 0 aliphatic carbocycles. The van der Waals surface area contributed by atoms with Crippen molar-refractivity contribution in [3.8, 4) is 0 Å². The highest BCUT2D eigenvalue weighted by molar-refractivity contribution is 4.87. The molecule has 1 aliphatic rings. The molecular formula is C22H42O5. The Morgan fingerprint density at radius 3 is 1.96 bits per heavy atom. The summed E-state index contributed by atoms with van der Waals surface area (Å²) >= 11 is 0. The van der Waals surface area contributed by atoms with Gasteiger partial charge in [0, 0.05) is 0 Å². The predicted molar refractivity (Wildman–Crippen MR) is 109 cm³/mol. The Balaban J connectivity index is 1.84. The van der Waals surface area contributed by atoms with Crippen LogP contribution >= 0.6 is 0 Å². The molecule has 27 heavy (non-hydrogen) atoms. The van der Waals surface area contributed by atoms with Crippen molar-refractivity contribution in [1.82, 2.24) is 0 Å². The van der Waals surface area contributed by atoms with E-state index in [0.717, 1.165) is 6.42 Å². The first-order chi connectivity index (χ1) is 13.2. The Morgan fingerprint density at radius 2 is 1.37 bits per heavy atom. The highest BCUT2D eigenvalue weighted by Crippen LogP contribution is 2.16. The van der Waals surface area contributed by atoms with Crippen LogP contribution < -0.4 is 0 Å². The molecule has 0 aromatic rings. The number of rotatable bonds is 16. The van der Waals surface area contributed by atoms with Crippen LogP contribution in [0.25, 0.3) is 0 Å². The van der Waals surface area contributed by atoms with E-state index < -0.39 is 24.4 Å². The fraction of sp³-hybridized carbons (Fsp3) is 0.909. The lowest BCUT2D eigenvalue weighted by atomic mass is 10.0. The molecule has 0 spiro atoms. The van der Waals surface area contributed by atoms with Crippen LogP contribution in [0.15, 0.2) is 12.3 Å². The van der Waals surface area contributed by atoms with Gasteiger partial charge in [-0.1, -0.05) is 77.6 Å². The highest BCUT2D eigenvalue weighted by atomic mass is 16.6. The van der Waals surface area contributed by atoms with E-state index in [9.17, 15) is 15.3 Å². The van der Waals surface area contributed by atoms with Crippen molar-refractivity contribution in [2.45, 2.75) is 115 Å². The van der Waals surface area contributed by atoms with E-state index in [1.165, 1.54) is 77.0 Å². The smallest absolute Gasteiger partial charge is 0.120 e. The summed E-state index contributed by atoms with van der Waals surface area (Å²) in [6.45, 7) is 2.47. The Labute approximate surface area is 165 Å². The molecule has 5 heteroatoms. The normalized spacial score (nSPS) is 25.9. The summed E-state index contributed by atoms with van der Waals surface area (Å²) in [7, 11) is 0. The third kappa shape index (κ3) is 11.7. The molecule has 1 aliphatic heterocycles. The molecule has 0 aromatic heterocycles. The summed E-state index contributed by atoms with van der Waals surface area (Å²) in [5.41, 5.74) is 0. The molecular weight excluding hydrogens is 344 g/mol. The molecule has 1 saturated heterocycles. The van der Waals surface area contributed by atoms with Crippen LogP contribution in [0.4, 0.5) is 0 Å². The monoisotopic (exact) mass is 386 g/mol. The topological polar surface area (TPSA) is 79.2 Å². The van der Waals surface area contributed by atoms with Crippen LogP contribution in [-0.2, 0) is 9.47 Å². The van der Waals surface area contributed by atoms with Gasteiger partial charge in [0.15, 0.2) is 0 Å². The molecule has 0 unspecified atom stereocenters. The number of allylic oxidation sites excluding steroid dienone is 1. The minimum absolute atomic E-state index is 0.0226. The van der Waals surface area contributed by atoms with Crippen LogP contribution in [0.1, 0.15) is 90.4 Å². The zero-order chi connectivity index (χ0) is 19.7. The molecule has 0 saturated carbocycles. The minimum Gasteiger partial charge on any atom is -0.499 e. The first-order valence-electron chi connectivity index (χ1n) is 11.1. The predicted octanol–water partition coefficient (Wildman–Crippen LogP) is 4.09. The van der Waals surface area contributed by atoms with Gasteiger partial charge in [-0.25, -0.2) is 0 Å². The summed E-state index contributed by atoms with van der Waals surface area (Å²) in [6.07, 6.45) is 16.9.